The number of fused-ring (bicyclic) bond motifs is 1. The van der Waals surface area contributed by atoms with Crippen molar-refractivity contribution in [2.24, 2.45) is 0 Å². The van der Waals surface area contributed by atoms with Crippen LogP contribution in [0.5, 0.6) is 0 Å². The van der Waals surface area contributed by atoms with Gasteiger partial charge < -0.3 is 5.11 Å². The summed E-state index contributed by atoms with van der Waals surface area (Å²) < 4.78 is 0. The van der Waals surface area contributed by atoms with E-state index in [9.17, 15) is 9.90 Å². The van der Waals surface area contributed by atoms with Gasteiger partial charge in [0.15, 0.2) is 0 Å². The van der Waals surface area contributed by atoms with Gasteiger partial charge in [-0.3, -0.25) is 0 Å². The Morgan fingerprint density at radius 1 is 1.05 bits per heavy atom. The van der Waals surface area contributed by atoms with Crippen LogP contribution in [0.4, 0.5) is 0 Å². The van der Waals surface area contributed by atoms with Gasteiger partial charge in [-0.05, 0) is 52.6 Å². The van der Waals surface area contributed by atoms with Crippen molar-refractivity contribution in [3.63, 3.8) is 0 Å². The molecule has 0 saturated carbocycles. The molecule has 0 fully saturated rings. The smallest absolute Gasteiger partial charge is 0.336 e. The Kier molecular flexibility index (Phi) is 3.40. The molecular formula is C18H13ClO2. The minimum Gasteiger partial charge on any atom is -0.478 e. The third kappa shape index (κ3) is 2.39. The fraction of sp³-hybridized carbons (Fsp3) is 0.0556. The Morgan fingerprint density at radius 2 is 1.81 bits per heavy atom. The zero-order valence-corrected chi connectivity index (χ0v) is 12.2. The lowest BCUT2D eigenvalue weighted by Gasteiger charge is -2.13. The van der Waals surface area contributed by atoms with E-state index in [0.717, 1.165) is 21.9 Å². The number of halogens is 1. The number of hydrogen-bond acceptors (Lipinski definition) is 1. The number of rotatable bonds is 2. The highest BCUT2D eigenvalue weighted by Crippen LogP contribution is 2.35. The molecule has 0 bridgehead atoms. The molecule has 3 aromatic rings. The molecule has 0 saturated heterocycles. The Bertz CT molecular complexity index is 853. The van der Waals surface area contributed by atoms with Crippen LogP contribution in [0.2, 0.25) is 5.02 Å². The molecule has 0 aromatic heterocycles. The molecule has 0 heterocycles. The van der Waals surface area contributed by atoms with Crippen molar-refractivity contribution in [3.8, 4) is 11.1 Å². The Balaban J connectivity index is 2.43. The minimum atomic E-state index is -0.950. The third-order valence-electron chi connectivity index (χ3n) is 3.62. The van der Waals surface area contributed by atoms with Crippen LogP contribution in [0.15, 0.2) is 54.6 Å². The van der Waals surface area contributed by atoms with Gasteiger partial charge in [0.2, 0.25) is 0 Å². The zero-order valence-electron chi connectivity index (χ0n) is 11.4. The average Bonchev–Trinajstić information content (AvgIpc) is 2.46. The van der Waals surface area contributed by atoms with Crippen LogP contribution < -0.4 is 0 Å². The van der Waals surface area contributed by atoms with Crippen LogP contribution in [0.25, 0.3) is 21.9 Å². The number of benzene rings is 3. The molecule has 0 aliphatic carbocycles. The summed E-state index contributed by atoms with van der Waals surface area (Å²) in [6.07, 6.45) is 0. The maximum absolute atomic E-state index is 11.5. The standard InChI is InChI=1S/C18H13ClO2/c1-11-6-7-12-4-2-3-5-14(12)17(11)16-10-13(19)8-9-15(16)18(20)21/h2-10H,1H3,(H,20,21). The molecule has 0 aliphatic heterocycles. The maximum Gasteiger partial charge on any atom is 0.336 e. The monoisotopic (exact) mass is 296 g/mol. The third-order valence-corrected chi connectivity index (χ3v) is 3.85. The summed E-state index contributed by atoms with van der Waals surface area (Å²) in [7, 11) is 0. The van der Waals surface area contributed by atoms with Crippen LogP contribution in [-0.2, 0) is 0 Å². The number of aryl methyl sites for hydroxylation is 1. The highest BCUT2D eigenvalue weighted by atomic mass is 35.5. The van der Waals surface area contributed by atoms with Crippen molar-refractivity contribution in [2.45, 2.75) is 6.92 Å². The second-order valence-corrected chi connectivity index (χ2v) is 5.41. The van der Waals surface area contributed by atoms with Gasteiger partial charge in [0, 0.05) is 5.02 Å². The van der Waals surface area contributed by atoms with E-state index in [1.165, 1.54) is 0 Å². The SMILES string of the molecule is Cc1ccc2ccccc2c1-c1cc(Cl)ccc1C(=O)O. The quantitative estimate of drug-likeness (QED) is 0.708. The van der Waals surface area contributed by atoms with Crippen LogP contribution in [-0.4, -0.2) is 11.1 Å². The number of aromatic carboxylic acids is 1. The molecule has 21 heavy (non-hydrogen) atoms. The van der Waals surface area contributed by atoms with Gasteiger partial charge in [-0.25, -0.2) is 4.79 Å². The fourth-order valence-corrected chi connectivity index (χ4v) is 2.82. The van der Waals surface area contributed by atoms with Crippen molar-refractivity contribution in [3.05, 3.63) is 70.7 Å². The van der Waals surface area contributed by atoms with Crippen molar-refractivity contribution >= 4 is 28.3 Å². The van der Waals surface area contributed by atoms with E-state index in [-0.39, 0.29) is 5.56 Å². The van der Waals surface area contributed by atoms with Crippen LogP contribution in [0, 0.1) is 6.92 Å². The van der Waals surface area contributed by atoms with Gasteiger partial charge in [0.05, 0.1) is 5.56 Å². The summed E-state index contributed by atoms with van der Waals surface area (Å²) in [4.78, 5) is 11.5. The number of carboxylic acids is 1. The summed E-state index contributed by atoms with van der Waals surface area (Å²) in [5.74, 6) is -0.950. The molecule has 0 amide bonds. The first-order chi connectivity index (χ1) is 10.1. The Morgan fingerprint density at radius 3 is 2.57 bits per heavy atom. The number of hydrogen-bond donors (Lipinski definition) is 1. The maximum atomic E-state index is 11.5. The molecule has 3 heteroatoms. The van der Waals surface area contributed by atoms with E-state index in [1.807, 2.05) is 43.3 Å². The normalized spacial score (nSPS) is 10.8. The molecule has 0 radical (unpaired) electrons. The minimum absolute atomic E-state index is 0.263. The zero-order chi connectivity index (χ0) is 15.0. The van der Waals surface area contributed by atoms with E-state index in [2.05, 4.69) is 0 Å². The summed E-state index contributed by atoms with van der Waals surface area (Å²) in [6.45, 7) is 1.98. The largest absolute Gasteiger partial charge is 0.478 e. The Labute approximate surface area is 127 Å². The molecule has 0 aliphatic rings. The lowest BCUT2D eigenvalue weighted by Crippen LogP contribution is -2.00. The first-order valence-corrected chi connectivity index (χ1v) is 6.97. The molecule has 3 aromatic carbocycles. The lowest BCUT2D eigenvalue weighted by molar-refractivity contribution is 0.0698. The molecule has 0 spiro atoms. The Hall–Kier alpha value is -2.32. The molecule has 0 unspecified atom stereocenters. The second kappa shape index (κ2) is 5.23. The first-order valence-electron chi connectivity index (χ1n) is 6.59. The first kappa shape index (κ1) is 13.7. The van der Waals surface area contributed by atoms with Crippen molar-refractivity contribution in [2.75, 3.05) is 0 Å². The van der Waals surface area contributed by atoms with E-state index >= 15 is 0 Å². The van der Waals surface area contributed by atoms with E-state index in [0.29, 0.717) is 10.6 Å². The second-order valence-electron chi connectivity index (χ2n) is 4.97. The summed E-state index contributed by atoms with van der Waals surface area (Å²) in [5.41, 5.74) is 2.87. The number of carboxylic acid groups (broad SMARTS) is 1. The average molecular weight is 297 g/mol. The van der Waals surface area contributed by atoms with Gasteiger partial charge in [-0.2, -0.15) is 0 Å². The molecule has 2 nitrogen and oxygen atoms in total. The topological polar surface area (TPSA) is 37.3 Å². The summed E-state index contributed by atoms with van der Waals surface area (Å²) in [5, 5.41) is 12.1. The van der Waals surface area contributed by atoms with Crippen LogP contribution in [0.3, 0.4) is 0 Å². The molecule has 3 rings (SSSR count). The van der Waals surface area contributed by atoms with Gasteiger partial charge in [-0.15, -0.1) is 0 Å². The van der Waals surface area contributed by atoms with Crippen molar-refractivity contribution in [1.29, 1.82) is 0 Å². The lowest BCUT2D eigenvalue weighted by atomic mass is 9.91. The number of carbonyl (C=O) groups is 1. The van der Waals surface area contributed by atoms with Crippen molar-refractivity contribution < 1.29 is 9.90 Å². The van der Waals surface area contributed by atoms with Gasteiger partial charge in [-0.1, -0.05) is 48.0 Å². The van der Waals surface area contributed by atoms with Crippen LogP contribution in [0.1, 0.15) is 15.9 Å². The van der Waals surface area contributed by atoms with Crippen LogP contribution >= 0.6 is 11.6 Å². The van der Waals surface area contributed by atoms with E-state index in [1.54, 1.807) is 18.2 Å². The van der Waals surface area contributed by atoms with Gasteiger partial charge in [0.25, 0.3) is 0 Å². The van der Waals surface area contributed by atoms with Crippen molar-refractivity contribution in [1.82, 2.24) is 0 Å². The van der Waals surface area contributed by atoms with E-state index in [4.69, 9.17) is 11.6 Å². The molecule has 1 N–H and O–H groups in total. The summed E-state index contributed by atoms with van der Waals surface area (Å²) >= 11 is 6.08. The van der Waals surface area contributed by atoms with Gasteiger partial charge >= 0.3 is 5.97 Å². The highest BCUT2D eigenvalue weighted by molar-refractivity contribution is 6.31. The highest BCUT2D eigenvalue weighted by Gasteiger charge is 2.16. The molecule has 104 valence electrons. The predicted molar refractivity (Wildman–Crippen MR) is 86.1 cm³/mol. The summed E-state index contributed by atoms with van der Waals surface area (Å²) in [6, 6.07) is 16.9. The predicted octanol–water partition coefficient (Wildman–Crippen LogP) is 5.17. The molecule has 0 atom stereocenters. The van der Waals surface area contributed by atoms with E-state index < -0.39 is 5.97 Å². The molecular weight excluding hydrogens is 284 g/mol. The van der Waals surface area contributed by atoms with Gasteiger partial charge in [0.1, 0.15) is 0 Å². The fourth-order valence-electron chi connectivity index (χ4n) is 2.65.